The van der Waals surface area contributed by atoms with Gasteiger partial charge in [0.15, 0.2) is 0 Å². The van der Waals surface area contributed by atoms with Gasteiger partial charge in [-0.05, 0) is 45.7 Å². The molecule has 23 heavy (non-hydrogen) atoms. The molecule has 0 spiro atoms. The molecule has 1 aromatic carbocycles. The second-order valence-electron chi connectivity index (χ2n) is 7.24. The summed E-state index contributed by atoms with van der Waals surface area (Å²) in [6.07, 6.45) is -0.504. The fourth-order valence-corrected chi connectivity index (χ4v) is 2.36. The quantitative estimate of drug-likeness (QED) is 0.759. The summed E-state index contributed by atoms with van der Waals surface area (Å²) in [5.41, 5.74) is 3.60. The standard InChI is InChI=1S/C19H33NO3/c1-15-7-8-16(2)17(11-15)12-20(9-10-22-6)13-18(21)14-23-19(3,4)5/h7-8,11,18,21H,9-10,12-14H2,1-6H3/t18-/m0/s1. The van der Waals surface area contributed by atoms with E-state index in [0.717, 1.165) is 13.1 Å². The Bertz CT molecular complexity index is 468. The van der Waals surface area contributed by atoms with Crippen molar-refractivity contribution in [2.24, 2.45) is 0 Å². The summed E-state index contributed by atoms with van der Waals surface area (Å²) >= 11 is 0. The van der Waals surface area contributed by atoms with Crippen molar-refractivity contribution in [3.63, 3.8) is 0 Å². The highest BCUT2D eigenvalue weighted by molar-refractivity contribution is 5.30. The molecule has 0 amide bonds. The molecule has 0 fully saturated rings. The van der Waals surface area contributed by atoms with E-state index in [1.54, 1.807) is 7.11 Å². The molecular weight excluding hydrogens is 290 g/mol. The van der Waals surface area contributed by atoms with Gasteiger partial charge in [0.1, 0.15) is 0 Å². The van der Waals surface area contributed by atoms with Gasteiger partial charge in [-0.25, -0.2) is 0 Å². The first-order chi connectivity index (χ1) is 10.7. The SMILES string of the molecule is COCCN(Cc1cc(C)ccc1C)C[C@H](O)COC(C)(C)C. The molecule has 0 unspecified atom stereocenters. The van der Waals surface area contributed by atoms with Crippen LogP contribution in [0.25, 0.3) is 0 Å². The average Bonchev–Trinajstić information content (AvgIpc) is 2.45. The maximum Gasteiger partial charge on any atom is 0.0900 e. The molecule has 0 aliphatic carbocycles. The Hall–Kier alpha value is -0.940. The lowest BCUT2D eigenvalue weighted by Gasteiger charge is -2.27. The molecule has 0 saturated carbocycles. The lowest BCUT2D eigenvalue weighted by Crippen LogP contribution is -2.38. The monoisotopic (exact) mass is 323 g/mol. The van der Waals surface area contributed by atoms with Crippen LogP contribution in [0.4, 0.5) is 0 Å². The number of benzene rings is 1. The Morgan fingerprint density at radius 3 is 2.52 bits per heavy atom. The number of aliphatic hydroxyl groups excluding tert-OH is 1. The molecule has 1 N–H and O–H groups in total. The third kappa shape index (κ3) is 8.47. The highest BCUT2D eigenvalue weighted by Crippen LogP contribution is 2.14. The largest absolute Gasteiger partial charge is 0.389 e. The Morgan fingerprint density at radius 2 is 1.91 bits per heavy atom. The van der Waals surface area contributed by atoms with Crippen molar-refractivity contribution >= 4 is 0 Å². The molecular formula is C19H33NO3. The first-order valence-corrected chi connectivity index (χ1v) is 8.30. The van der Waals surface area contributed by atoms with Gasteiger partial charge in [0.2, 0.25) is 0 Å². The maximum atomic E-state index is 10.3. The van der Waals surface area contributed by atoms with E-state index in [2.05, 4.69) is 36.9 Å². The van der Waals surface area contributed by atoms with Crippen molar-refractivity contribution in [3.05, 3.63) is 34.9 Å². The van der Waals surface area contributed by atoms with E-state index in [1.807, 2.05) is 20.8 Å². The van der Waals surface area contributed by atoms with Gasteiger partial charge in [-0.15, -0.1) is 0 Å². The Morgan fingerprint density at radius 1 is 1.22 bits per heavy atom. The van der Waals surface area contributed by atoms with Crippen LogP contribution < -0.4 is 0 Å². The molecule has 4 heteroatoms. The molecule has 1 atom stereocenters. The highest BCUT2D eigenvalue weighted by Gasteiger charge is 2.17. The zero-order valence-corrected chi connectivity index (χ0v) is 15.6. The van der Waals surface area contributed by atoms with Crippen LogP contribution >= 0.6 is 0 Å². The fraction of sp³-hybridized carbons (Fsp3) is 0.684. The first kappa shape index (κ1) is 20.1. The van der Waals surface area contributed by atoms with Crippen LogP contribution in [0.15, 0.2) is 18.2 Å². The molecule has 0 aliphatic rings. The zero-order chi connectivity index (χ0) is 17.5. The van der Waals surface area contributed by atoms with Crippen molar-refractivity contribution in [2.75, 3.05) is 33.4 Å². The lowest BCUT2D eigenvalue weighted by molar-refractivity contribution is -0.0576. The molecule has 0 aromatic heterocycles. The van der Waals surface area contributed by atoms with E-state index >= 15 is 0 Å². The third-order valence-electron chi connectivity index (χ3n) is 3.69. The van der Waals surface area contributed by atoms with Gasteiger partial charge in [0.25, 0.3) is 0 Å². The second kappa shape index (κ2) is 9.38. The van der Waals surface area contributed by atoms with Crippen LogP contribution in [0.5, 0.6) is 0 Å². The van der Waals surface area contributed by atoms with Crippen molar-refractivity contribution in [2.45, 2.75) is 52.9 Å². The van der Waals surface area contributed by atoms with Crippen LogP contribution in [0, 0.1) is 13.8 Å². The zero-order valence-electron chi connectivity index (χ0n) is 15.6. The Kier molecular flexibility index (Phi) is 8.20. The highest BCUT2D eigenvalue weighted by atomic mass is 16.5. The van der Waals surface area contributed by atoms with E-state index in [4.69, 9.17) is 9.47 Å². The number of rotatable bonds is 9. The van der Waals surface area contributed by atoms with Gasteiger partial charge in [-0.2, -0.15) is 0 Å². The molecule has 0 radical (unpaired) electrons. The third-order valence-corrected chi connectivity index (χ3v) is 3.69. The number of methoxy groups -OCH3 is 1. The number of ether oxygens (including phenoxy) is 2. The predicted molar refractivity (Wildman–Crippen MR) is 94.8 cm³/mol. The van der Waals surface area contributed by atoms with E-state index in [0.29, 0.717) is 19.8 Å². The average molecular weight is 323 g/mol. The molecule has 0 bridgehead atoms. The molecule has 1 aromatic rings. The maximum absolute atomic E-state index is 10.3. The summed E-state index contributed by atoms with van der Waals surface area (Å²) in [5, 5.41) is 10.3. The minimum atomic E-state index is -0.504. The molecule has 0 aliphatic heterocycles. The molecule has 1 rings (SSSR count). The number of hydrogen-bond acceptors (Lipinski definition) is 4. The van der Waals surface area contributed by atoms with Crippen LogP contribution in [0.1, 0.15) is 37.5 Å². The normalized spacial score (nSPS) is 13.6. The summed E-state index contributed by atoms with van der Waals surface area (Å²) < 4.78 is 10.9. The van der Waals surface area contributed by atoms with Crippen molar-refractivity contribution < 1.29 is 14.6 Å². The minimum absolute atomic E-state index is 0.231. The topological polar surface area (TPSA) is 41.9 Å². The van der Waals surface area contributed by atoms with Gasteiger partial charge < -0.3 is 14.6 Å². The molecule has 4 nitrogen and oxygen atoms in total. The van der Waals surface area contributed by atoms with Crippen molar-refractivity contribution in [1.29, 1.82) is 0 Å². The number of aliphatic hydroxyl groups is 1. The van der Waals surface area contributed by atoms with Crippen molar-refractivity contribution in [3.8, 4) is 0 Å². The number of hydrogen-bond donors (Lipinski definition) is 1. The Balaban J connectivity index is 2.66. The second-order valence-corrected chi connectivity index (χ2v) is 7.24. The van der Waals surface area contributed by atoms with Gasteiger partial charge in [0.05, 0.1) is 24.9 Å². The smallest absolute Gasteiger partial charge is 0.0900 e. The van der Waals surface area contributed by atoms with E-state index in [1.165, 1.54) is 16.7 Å². The summed E-state index contributed by atoms with van der Waals surface area (Å²) in [4.78, 5) is 2.22. The van der Waals surface area contributed by atoms with E-state index in [-0.39, 0.29) is 5.60 Å². The van der Waals surface area contributed by atoms with Crippen LogP contribution in [0.2, 0.25) is 0 Å². The lowest BCUT2D eigenvalue weighted by atomic mass is 10.0. The number of aryl methyl sites for hydroxylation is 2. The summed E-state index contributed by atoms with van der Waals surface area (Å²) in [6, 6.07) is 6.50. The summed E-state index contributed by atoms with van der Waals surface area (Å²) in [6.45, 7) is 13.4. The van der Waals surface area contributed by atoms with Gasteiger partial charge in [-0.3, -0.25) is 4.90 Å². The summed E-state index contributed by atoms with van der Waals surface area (Å²) in [5.74, 6) is 0. The fourth-order valence-electron chi connectivity index (χ4n) is 2.36. The first-order valence-electron chi connectivity index (χ1n) is 8.30. The molecule has 0 heterocycles. The van der Waals surface area contributed by atoms with E-state index in [9.17, 15) is 5.11 Å². The van der Waals surface area contributed by atoms with Gasteiger partial charge in [-0.1, -0.05) is 23.8 Å². The summed E-state index contributed by atoms with van der Waals surface area (Å²) in [7, 11) is 1.70. The van der Waals surface area contributed by atoms with E-state index < -0.39 is 6.10 Å². The molecule has 132 valence electrons. The molecule has 0 saturated heterocycles. The van der Waals surface area contributed by atoms with Crippen LogP contribution in [-0.2, 0) is 16.0 Å². The Labute approximate surface area is 141 Å². The predicted octanol–water partition coefficient (Wildman–Crippen LogP) is 2.93. The van der Waals surface area contributed by atoms with Crippen LogP contribution in [-0.4, -0.2) is 55.1 Å². The van der Waals surface area contributed by atoms with Crippen LogP contribution in [0.3, 0.4) is 0 Å². The van der Waals surface area contributed by atoms with Gasteiger partial charge in [0, 0.05) is 26.7 Å². The van der Waals surface area contributed by atoms with Crippen molar-refractivity contribution in [1.82, 2.24) is 4.90 Å². The number of nitrogens with zero attached hydrogens (tertiary/aromatic N) is 1. The minimum Gasteiger partial charge on any atom is -0.389 e. The van der Waals surface area contributed by atoms with Gasteiger partial charge >= 0.3 is 0 Å².